The van der Waals surface area contributed by atoms with Gasteiger partial charge in [-0.3, -0.25) is 5.84 Å². The van der Waals surface area contributed by atoms with Crippen molar-refractivity contribution >= 4 is 30.5 Å². The number of halogens is 2. The van der Waals surface area contributed by atoms with Gasteiger partial charge in [0.1, 0.15) is 5.75 Å². The van der Waals surface area contributed by atoms with Crippen LogP contribution in [0.5, 0.6) is 5.75 Å². The van der Waals surface area contributed by atoms with Gasteiger partial charge in [0.25, 0.3) is 0 Å². The van der Waals surface area contributed by atoms with Gasteiger partial charge in [-0.2, -0.15) is 0 Å². The molecule has 0 radical (unpaired) electrons. The summed E-state index contributed by atoms with van der Waals surface area (Å²) in [5.41, 5.74) is 3.99. The molecule has 1 aromatic rings. The number of benzene rings is 1. The molecule has 70 valence electrons. The Hall–Kier alpha value is -0.640. The number of phenolic OH excluding ortho intramolecular Hbond substituents is 1. The van der Waals surface area contributed by atoms with E-state index in [9.17, 15) is 0 Å². The highest BCUT2D eigenvalue weighted by Gasteiger charge is 1.98. The third kappa shape index (κ3) is 2.77. The lowest BCUT2D eigenvalue weighted by atomic mass is 10.2. The molecule has 5 heteroatoms. The second kappa shape index (κ2) is 5.94. The predicted octanol–water partition coefficient (Wildman–Crippen LogP) is 1.83. The van der Waals surface area contributed by atoms with Gasteiger partial charge in [0.05, 0.1) is 5.69 Å². The van der Waals surface area contributed by atoms with Crippen LogP contribution in [0.2, 0.25) is 0 Å². The highest BCUT2D eigenvalue weighted by Crippen LogP contribution is 2.22. The molecule has 0 aliphatic heterocycles. The topological polar surface area (TPSA) is 58.3 Å². The van der Waals surface area contributed by atoms with Crippen molar-refractivity contribution in [3.05, 3.63) is 23.8 Å². The van der Waals surface area contributed by atoms with Gasteiger partial charge in [0.2, 0.25) is 0 Å². The normalized spacial score (nSPS) is 7.83. The van der Waals surface area contributed by atoms with Crippen LogP contribution in [0.25, 0.3) is 0 Å². The summed E-state index contributed by atoms with van der Waals surface area (Å²) >= 11 is 0. The van der Waals surface area contributed by atoms with Gasteiger partial charge in [-0.1, -0.05) is 6.07 Å². The van der Waals surface area contributed by atoms with Crippen molar-refractivity contribution in [2.45, 2.75) is 6.92 Å². The molecule has 4 N–H and O–H groups in total. The van der Waals surface area contributed by atoms with E-state index in [1.165, 1.54) is 0 Å². The maximum Gasteiger partial charge on any atom is 0.120 e. The van der Waals surface area contributed by atoms with Gasteiger partial charge in [0, 0.05) is 5.56 Å². The number of rotatable bonds is 1. The number of nitrogens with two attached hydrogens (primary N) is 1. The van der Waals surface area contributed by atoms with Gasteiger partial charge in [-0.25, -0.2) is 0 Å². The third-order valence-corrected chi connectivity index (χ3v) is 1.46. The van der Waals surface area contributed by atoms with Gasteiger partial charge < -0.3 is 10.5 Å². The molecule has 3 nitrogen and oxygen atoms in total. The van der Waals surface area contributed by atoms with Crippen molar-refractivity contribution in [2.75, 3.05) is 5.43 Å². The summed E-state index contributed by atoms with van der Waals surface area (Å²) < 4.78 is 0. The number of hydrogen-bond acceptors (Lipinski definition) is 3. The van der Waals surface area contributed by atoms with Crippen LogP contribution in [0.15, 0.2) is 18.2 Å². The fourth-order valence-electron chi connectivity index (χ4n) is 0.780. The quantitative estimate of drug-likeness (QED) is 0.490. The molecule has 0 aromatic heterocycles. The number of anilines is 1. The fraction of sp³-hybridized carbons (Fsp3) is 0.143. The van der Waals surface area contributed by atoms with Crippen molar-refractivity contribution in [2.24, 2.45) is 5.84 Å². The number of hydrazine groups is 1. The average molecular weight is 211 g/mol. The lowest BCUT2D eigenvalue weighted by molar-refractivity contribution is 0.471. The predicted molar refractivity (Wildman–Crippen MR) is 55.1 cm³/mol. The molecular weight excluding hydrogens is 199 g/mol. The number of hydrogen-bond donors (Lipinski definition) is 3. The maximum atomic E-state index is 9.14. The molecule has 0 saturated carbocycles. The van der Waals surface area contributed by atoms with Crippen LogP contribution in [0.1, 0.15) is 5.56 Å². The highest BCUT2D eigenvalue weighted by molar-refractivity contribution is 5.85. The number of phenols is 1. The van der Waals surface area contributed by atoms with E-state index in [0.29, 0.717) is 0 Å². The van der Waals surface area contributed by atoms with Crippen LogP contribution in [0.4, 0.5) is 5.69 Å². The minimum absolute atomic E-state index is 0. The van der Waals surface area contributed by atoms with Crippen LogP contribution < -0.4 is 11.3 Å². The van der Waals surface area contributed by atoms with Gasteiger partial charge in [-0.15, -0.1) is 24.8 Å². The Morgan fingerprint density at radius 3 is 2.33 bits per heavy atom. The zero-order valence-corrected chi connectivity index (χ0v) is 8.21. The SMILES string of the molecule is Cc1c(O)cccc1NN.Cl.Cl. The standard InChI is InChI=1S/C7H10N2O.2ClH/c1-5-6(9-8)3-2-4-7(5)10;;/h2-4,9-10H,8H2,1H3;2*1H. The molecule has 0 unspecified atom stereocenters. The van der Waals surface area contributed by atoms with Crippen molar-refractivity contribution in [1.82, 2.24) is 0 Å². The van der Waals surface area contributed by atoms with Crippen molar-refractivity contribution in [3.63, 3.8) is 0 Å². The van der Waals surface area contributed by atoms with Crippen LogP contribution in [-0.2, 0) is 0 Å². The summed E-state index contributed by atoms with van der Waals surface area (Å²) in [7, 11) is 0. The Balaban J connectivity index is 0. The molecule has 12 heavy (non-hydrogen) atoms. The Morgan fingerprint density at radius 2 is 1.92 bits per heavy atom. The van der Waals surface area contributed by atoms with Crippen LogP contribution in [0.3, 0.4) is 0 Å². The molecule has 0 aliphatic carbocycles. The summed E-state index contributed by atoms with van der Waals surface area (Å²) in [6.45, 7) is 1.80. The molecule has 0 spiro atoms. The van der Waals surface area contributed by atoms with Gasteiger partial charge in [0.15, 0.2) is 0 Å². The largest absolute Gasteiger partial charge is 0.508 e. The number of nitrogens with one attached hydrogen (secondary N) is 1. The molecule has 0 saturated heterocycles. The third-order valence-electron chi connectivity index (χ3n) is 1.46. The summed E-state index contributed by atoms with van der Waals surface area (Å²) in [5.74, 6) is 5.42. The van der Waals surface area contributed by atoms with Crippen LogP contribution in [0, 0.1) is 6.92 Å². The van der Waals surface area contributed by atoms with E-state index >= 15 is 0 Å². The van der Waals surface area contributed by atoms with E-state index in [1.807, 2.05) is 0 Å². The van der Waals surface area contributed by atoms with E-state index < -0.39 is 0 Å². The van der Waals surface area contributed by atoms with Gasteiger partial charge in [-0.05, 0) is 19.1 Å². The second-order valence-corrected chi connectivity index (χ2v) is 2.09. The number of aromatic hydroxyl groups is 1. The van der Waals surface area contributed by atoms with Crippen molar-refractivity contribution in [1.29, 1.82) is 0 Å². The minimum atomic E-state index is 0. The molecule has 0 fully saturated rings. The molecule has 0 bridgehead atoms. The first-order chi connectivity index (χ1) is 4.75. The molecular formula is C7H12Cl2N2O. The minimum Gasteiger partial charge on any atom is -0.508 e. The van der Waals surface area contributed by atoms with E-state index in [1.54, 1.807) is 25.1 Å². The zero-order chi connectivity index (χ0) is 7.56. The van der Waals surface area contributed by atoms with Crippen LogP contribution >= 0.6 is 24.8 Å². The summed E-state index contributed by atoms with van der Waals surface area (Å²) in [5, 5.41) is 9.14. The van der Waals surface area contributed by atoms with E-state index in [0.717, 1.165) is 11.3 Å². The molecule has 0 atom stereocenters. The Kier molecular flexibility index (Phi) is 6.89. The smallest absolute Gasteiger partial charge is 0.120 e. The zero-order valence-electron chi connectivity index (χ0n) is 6.57. The molecule has 1 aromatic carbocycles. The molecule has 0 amide bonds. The Morgan fingerprint density at radius 1 is 1.33 bits per heavy atom. The van der Waals surface area contributed by atoms with E-state index in [4.69, 9.17) is 10.9 Å². The first kappa shape index (κ1) is 13.9. The summed E-state index contributed by atoms with van der Waals surface area (Å²) in [6, 6.07) is 5.16. The molecule has 0 aliphatic rings. The lowest BCUT2D eigenvalue weighted by Gasteiger charge is -2.04. The highest BCUT2D eigenvalue weighted by atomic mass is 35.5. The van der Waals surface area contributed by atoms with E-state index in [-0.39, 0.29) is 30.6 Å². The molecule has 0 heterocycles. The van der Waals surface area contributed by atoms with E-state index in [2.05, 4.69) is 5.43 Å². The fourth-order valence-corrected chi connectivity index (χ4v) is 0.780. The summed E-state index contributed by atoms with van der Waals surface area (Å²) in [6.07, 6.45) is 0. The maximum absolute atomic E-state index is 9.14. The first-order valence-electron chi connectivity index (χ1n) is 3.01. The van der Waals surface area contributed by atoms with Crippen LogP contribution in [-0.4, -0.2) is 5.11 Å². The number of nitrogen functional groups attached to an aromatic ring is 1. The molecule has 1 rings (SSSR count). The first-order valence-corrected chi connectivity index (χ1v) is 3.01. The summed E-state index contributed by atoms with van der Waals surface area (Å²) in [4.78, 5) is 0. The average Bonchev–Trinajstić information content (AvgIpc) is 1.95. The Labute approximate surface area is 83.8 Å². The van der Waals surface area contributed by atoms with Gasteiger partial charge >= 0.3 is 0 Å². The van der Waals surface area contributed by atoms with Crippen molar-refractivity contribution < 1.29 is 5.11 Å². The second-order valence-electron chi connectivity index (χ2n) is 2.09. The Bertz CT molecular complexity index is 243. The lowest BCUT2D eigenvalue weighted by Crippen LogP contribution is -2.07. The monoisotopic (exact) mass is 210 g/mol. The van der Waals surface area contributed by atoms with Crippen molar-refractivity contribution in [3.8, 4) is 5.75 Å².